The average Bonchev–Trinajstić information content (AvgIpc) is 2.76. The molecule has 16 heavy (non-hydrogen) atoms. The minimum absolute atomic E-state index is 0.263. The molecule has 0 aliphatic heterocycles. The highest BCUT2D eigenvalue weighted by Gasteiger charge is 2.56. The van der Waals surface area contributed by atoms with Gasteiger partial charge in [0, 0.05) is 0 Å². The van der Waals surface area contributed by atoms with Gasteiger partial charge in [-0.05, 0) is 31.1 Å². The zero-order valence-corrected chi connectivity index (χ0v) is 10.5. The van der Waals surface area contributed by atoms with Crippen LogP contribution in [0.15, 0.2) is 0 Å². The minimum atomic E-state index is -0.726. The van der Waals surface area contributed by atoms with E-state index >= 15 is 0 Å². The van der Waals surface area contributed by atoms with Crippen LogP contribution in [0.5, 0.6) is 0 Å². The standard InChI is InChI=1S/C14H23NO/c1-11-6-5-9-14(16,12(11)2)13(10-15)7-3-4-8-13/h11-12,16H,3-9H2,1-2H3. The normalized spacial score (nSPS) is 42.9. The van der Waals surface area contributed by atoms with E-state index in [1.165, 1.54) is 6.42 Å². The molecular formula is C14H23NO. The van der Waals surface area contributed by atoms with Crippen molar-refractivity contribution in [1.82, 2.24) is 0 Å². The predicted octanol–water partition coefficient (Wildman–Crippen LogP) is 3.26. The van der Waals surface area contributed by atoms with Gasteiger partial charge < -0.3 is 5.11 Å². The first-order valence-electron chi connectivity index (χ1n) is 6.69. The number of aliphatic hydroxyl groups is 1. The van der Waals surface area contributed by atoms with E-state index in [0.717, 1.165) is 38.5 Å². The fraction of sp³-hybridized carbons (Fsp3) is 0.929. The maximum atomic E-state index is 11.0. The Morgan fingerprint density at radius 1 is 1.12 bits per heavy atom. The van der Waals surface area contributed by atoms with Crippen molar-refractivity contribution in [3.05, 3.63) is 0 Å². The zero-order valence-electron chi connectivity index (χ0n) is 10.5. The van der Waals surface area contributed by atoms with Gasteiger partial charge in [-0.15, -0.1) is 0 Å². The molecule has 2 heteroatoms. The molecule has 0 aromatic carbocycles. The van der Waals surface area contributed by atoms with Crippen molar-refractivity contribution < 1.29 is 5.11 Å². The Balaban J connectivity index is 2.32. The predicted molar refractivity (Wildman–Crippen MR) is 63.6 cm³/mol. The third-order valence-electron chi connectivity index (χ3n) is 5.32. The molecule has 2 saturated carbocycles. The van der Waals surface area contributed by atoms with E-state index in [2.05, 4.69) is 19.9 Å². The van der Waals surface area contributed by atoms with E-state index in [9.17, 15) is 10.4 Å². The summed E-state index contributed by atoms with van der Waals surface area (Å²) < 4.78 is 0. The van der Waals surface area contributed by atoms with Gasteiger partial charge in [0.1, 0.15) is 0 Å². The van der Waals surface area contributed by atoms with Gasteiger partial charge in [-0.25, -0.2) is 0 Å². The van der Waals surface area contributed by atoms with Crippen molar-refractivity contribution >= 4 is 0 Å². The molecule has 2 nitrogen and oxygen atoms in total. The Labute approximate surface area is 98.7 Å². The fourth-order valence-corrected chi connectivity index (χ4v) is 3.94. The Bertz CT molecular complexity index is 300. The molecule has 90 valence electrons. The van der Waals surface area contributed by atoms with Crippen molar-refractivity contribution in [3.63, 3.8) is 0 Å². The molecule has 0 spiro atoms. The third-order valence-corrected chi connectivity index (χ3v) is 5.32. The Hall–Kier alpha value is -0.550. The van der Waals surface area contributed by atoms with Crippen LogP contribution in [0.3, 0.4) is 0 Å². The maximum Gasteiger partial charge on any atom is 0.0863 e. The second-order valence-electron chi connectivity index (χ2n) is 5.98. The molecule has 1 N–H and O–H groups in total. The molecule has 0 saturated heterocycles. The summed E-state index contributed by atoms with van der Waals surface area (Å²) in [5, 5.41) is 20.6. The molecule has 3 atom stereocenters. The molecule has 0 radical (unpaired) electrons. The lowest BCUT2D eigenvalue weighted by atomic mass is 9.58. The molecule has 2 aliphatic carbocycles. The highest BCUT2D eigenvalue weighted by atomic mass is 16.3. The van der Waals surface area contributed by atoms with Crippen LogP contribution in [0, 0.1) is 28.6 Å². The molecule has 2 aliphatic rings. The van der Waals surface area contributed by atoms with Crippen LogP contribution in [0.2, 0.25) is 0 Å². The molecule has 0 amide bonds. The molecule has 0 aromatic heterocycles. The first kappa shape index (κ1) is 11.9. The molecule has 0 heterocycles. The highest BCUT2D eigenvalue weighted by Crippen LogP contribution is 2.55. The lowest BCUT2D eigenvalue weighted by molar-refractivity contribution is -0.133. The van der Waals surface area contributed by atoms with E-state index in [0.29, 0.717) is 5.92 Å². The SMILES string of the molecule is CC1CCCC(O)(C2(C#N)CCCC2)C1C. The van der Waals surface area contributed by atoms with E-state index in [4.69, 9.17) is 0 Å². The Morgan fingerprint density at radius 2 is 1.75 bits per heavy atom. The summed E-state index contributed by atoms with van der Waals surface area (Å²) in [5.74, 6) is 0.809. The summed E-state index contributed by atoms with van der Waals surface area (Å²) in [6.07, 6.45) is 7.12. The molecular weight excluding hydrogens is 198 g/mol. The zero-order chi connectivity index (χ0) is 11.8. The maximum absolute atomic E-state index is 11.0. The molecule has 0 bridgehead atoms. The van der Waals surface area contributed by atoms with Crippen LogP contribution in [0.4, 0.5) is 0 Å². The van der Waals surface area contributed by atoms with Crippen LogP contribution in [0.1, 0.15) is 58.8 Å². The topological polar surface area (TPSA) is 44.0 Å². The third kappa shape index (κ3) is 1.49. The first-order chi connectivity index (χ1) is 7.56. The van der Waals surface area contributed by atoms with Crippen molar-refractivity contribution in [2.75, 3.05) is 0 Å². The van der Waals surface area contributed by atoms with Gasteiger partial charge in [-0.1, -0.05) is 39.5 Å². The van der Waals surface area contributed by atoms with Gasteiger partial charge in [0.05, 0.1) is 17.1 Å². The first-order valence-corrected chi connectivity index (χ1v) is 6.69. The number of hydrogen-bond acceptors (Lipinski definition) is 2. The lowest BCUT2D eigenvalue weighted by Crippen LogP contribution is -2.54. The van der Waals surface area contributed by atoms with Crippen LogP contribution in [0.25, 0.3) is 0 Å². The van der Waals surface area contributed by atoms with Gasteiger partial charge >= 0.3 is 0 Å². The fourth-order valence-electron chi connectivity index (χ4n) is 3.94. The number of nitrogens with zero attached hydrogens (tertiary/aromatic N) is 1. The van der Waals surface area contributed by atoms with Gasteiger partial charge in [-0.2, -0.15) is 5.26 Å². The van der Waals surface area contributed by atoms with Gasteiger partial charge in [0.15, 0.2) is 0 Å². The van der Waals surface area contributed by atoms with Crippen LogP contribution >= 0.6 is 0 Å². The summed E-state index contributed by atoms with van der Waals surface area (Å²) >= 11 is 0. The Morgan fingerprint density at radius 3 is 2.31 bits per heavy atom. The van der Waals surface area contributed by atoms with E-state index in [-0.39, 0.29) is 5.92 Å². The van der Waals surface area contributed by atoms with E-state index in [1.54, 1.807) is 0 Å². The lowest BCUT2D eigenvalue weighted by Gasteiger charge is -2.50. The van der Waals surface area contributed by atoms with Gasteiger partial charge in [0.2, 0.25) is 0 Å². The Kier molecular flexibility index (Phi) is 3.01. The second kappa shape index (κ2) is 4.04. The smallest absolute Gasteiger partial charge is 0.0863 e. The van der Waals surface area contributed by atoms with Crippen LogP contribution in [-0.4, -0.2) is 10.7 Å². The highest BCUT2D eigenvalue weighted by molar-refractivity contribution is 5.16. The van der Waals surface area contributed by atoms with Crippen molar-refractivity contribution in [1.29, 1.82) is 5.26 Å². The van der Waals surface area contributed by atoms with Gasteiger partial charge in [-0.3, -0.25) is 0 Å². The summed E-state index contributed by atoms with van der Waals surface area (Å²) in [5.41, 5.74) is -1.17. The summed E-state index contributed by atoms with van der Waals surface area (Å²) in [6.45, 7) is 4.36. The number of nitriles is 1. The number of rotatable bonds is 1. The van der Waals surface area contributed by atoms with Gasteiger partial charge in [0.25, 0.3) is 0 Å². The summed E-state index contributed by atoms with van der Waals surface area (Å²) in [4.78, 5) is 0. The average molecular weight is 221 g/mol. The number of hydrogen-bond donors (Lipinski definition) is 1. The van der Waals surface area contributed by atoms with Crippen LogP contribution < -0.4 is 0 Å². The minimum Gasteiger partial charge on any atom is -0.388 e. The molecule has 0 aromatic rings. The van der Waals surface area contributed by atoms with Crippen LogP contribution in [-0.2, 0) is 0 Å². The molecule has 2 rings (SSSR count). The van der Waals surface area contributed by atoms with Crippen molar-refractivity contribution in [3.8, 4) is 6.07 Å². The monoisotopic (exact) mass is 221 g/mol. The molecule has 3 unspecified atom stereocenters. The van der Waals surface area contributed by atoms with E-state index < -0.39 is 11.0 Å². The van der Waals surface area contributed by atoms with Crippen molar-refractivity contribution in [2.45, 2.75) is 64.4 Å². The van der Waals surface area contributed by atoms with E-state index in [1.807, 2.05) is 0 Å². The summed E-state index contributed by atoms with van der Waals surface area (Å²) in [7, 11) is 0. The largest absolute Gasteiger partial charge is 0.388 e. The second-order valence-corrected chi connectivity index (χ2v) is 5.98. The molecule has 2 fully saturated rings. The summed E-state index contributed by atoms with van der Waals surface area (Å²) in [6, 6.07) is 2.49. The van der Waals surface area contributed by atoms with Crippen molar-refractivity contribution in [2.24, 2.45) is 17.3 Å². The quantitative estimate of drug-likeness (QED) is 0.738.